The molecule has 8 nitrogen and oxygen atoms in total. The fourth-order valence-corrected chi connectivity index (χ4v) is 4.88. The molecule has 10 heteroatoms. The van der Waals surface area contributed by atoms with Gasteiger partial charge in [0.15, 0.2) is 0 Å². The summed E-state index contributed by atoms with van der Waals surface area (Å²) in [5, 5.41) is 20.0. The molecule has 0 spiro atoms. The molecule has 1 aliphatic rings. The Morgan fingerprint density at radius 3 is 2.76 bits per heavy atom. The lowest BCUT2D eigenvalue weighted by Gasteiger charge is -2.18. The number of H-pyrrole nitrogens is 1. The average Bonchev–Trinajstić information content (AvgIpc) is 3.30. The van der Waals surface area contributed by atoms with Crippen LogP contribution in [0.1, 0.15) is 16.9 Å². The van der Waals surface area contributed by atoms with Crippen LogP contribution in [0.25, 0.3) is 11.3 Å². The number of hydrogen-bond acceptors (Lipinski definition) is 5. The highest BCUT2D eigenvalue weighted by Gasteiger charge is 2.29. The maximum atomic E-state index is 12.6. The van der Waals surface area contributed by atoms with E-state index in [4.69, 9.17) is 11.6 Å². The van der Waals surface area contributed by atoms with E-state index in [9.17, 15) is 18.3 Å². The molecule has 2 aromatic carbocycles. The second-order valence-electron chi connectivity index (χ2n) is 6.57. The average molecular weight is 433 g/mol. The molecule has 0 unspecified atom stereocenters. The van der Waals surface area contributed by atoms with Crippen LogP contribution in [0.3, 0.4) is 0 Å². The van der Waals surface area contributed by atoms with Gasteiger partial charge in [0.2, 0.25) is 10.0 Å². The summed E-state index contributed by atoms with van der Waals surface area (Å²) in [6, 6.07) is 12.9. The Kier molecular flexibility index (Phi) is 4.93. The summed E-state index contributed by atoms with van der Waals surface area (Å²) < 4.78 is 25.5. The summed E-state index contributed by atoms with van der Waals surface area (Å²) in [4.78, 5) is 12.6. The Morgan fingerprint density at radius 1 is 1.21 bits per heavy atom. The summed E-state index contributed by atoms with van der Waals surface area (Å²) in [6.07, 6.45) is 0.533. The number of halogens is 1. The SMILES string of the molecule is O=C(Nc1cc(N2CCCS2(=O)=O)ccc1O)c1cc(-c2cccc(Cl)c2)n[nH]1. The van der Waals surface area contributed by atoms with Crippen molar-refractivity contribution >= 4 is 38.9 Å². The topological polar surface area (TPSA) is 115 Å². The van der Waals surface area contributed by atoms with Gasteiger partial charge in [-0.2, -0.15) is 5.10 Å². The number of aromatic amines is 1. The summed E-state index contributed by atoms with van der Waals surface area (Å²) in [5.74, 6) is -0.619. The molecule has 0 bridgehead atoms. The van der Waals surface area contributed by atoms with Crippen molar-refractivity contribution in [2.24, 2.45) is 0 Å². The Bertz CT molecular complexity index is 1190. The number of carbonyl (C=O) groups excluding carboxylic acids is 1. The highest BCUT2D eigenvalue weighted by Crippen LogP contribution is 2.32. The van der Waals surface area contributed by atoms with Gasteiger partial charge in [-0.1, -0.05) is 23.7 Å². The molecule has 3 aromatic rings. The molecule has 0 saturated carbocycles. The minimum Gasteiger partial charge on any atom is -0.506 e. The van der Waals surface area contributed by atoms with Crippen LogP contribution in [-0.4, -0.2) is 41.9 Å². The van der Waals surface area contributed by atoms with Gasteiger partial charge in [0, 0.05) is 17.1 Å². The second-order valence-corrected chi connectivity index (χ2v) is 9.02. The van der Waals surface area contributed by atoms with E-state index in [1.54, 1.807) is 24.3 Å². The van der Waals surface area contributed by atoms with Crippen LogP contribution in [0.5, 0.6) is 5.75 Å². The number of phenols is 1. The highest BCUT2D eigenvalue weighted by molar-refractivity contribution is 7.93. The molecule has 1 aliphatic heterocycles. The van der Waals surface area contributed by atoms with Gasteiger partial charge in [-0.15, -0.1) is 0 Å². The fourth-order valence-electron chi connectivity index (χ4n) is 3.13. The first-order chi connectivity index (χ1) is 13.8. The first kappa shape index (κ1) is 19.3. The van der Waals surface area contributed by atoms with Crippen molar-refractivity contribution in [1.29, 1.82) is 0 Å². The van der Waals surface area contributed by atoms with Gasteiger partial charge in [-0.3, -0.25) is 14.2 Å². The van der Waals surface area contributed by atoms with Crippen molar-refractivity contribution < 1.29 is 18.3 Å². The zero-order valence-corrected chi connectivity index (χ0v) is 16.7. The number of sulfonamides is 1. The number of phenolic OH excluding ortho intramolecular Hbond substituents is 1. The Balaban J connectivity index is 1.57. The first-order valence-electron chi connectivity index (χ1n) is 8.80. The van der Waals surface area contributed by atoms with Crippen molar-refractivity contribution in [1.82, 2.24) is 10.2 Å². The van der Waals surface area contributed by atoms with Gasteiger partial charge < -0.3 is 10.4 Å². The Morgan fingerprint density at radius 2 is 2.03 bits per heavy atom. The van der Waals surface area contributed by atoms with E-state index in [2.05, 4.69) is 15.5 Å². The molecule has 0 aliphatic carbocycles. The van der Waals surface area contributed by atoms with Gasteiger partial charge in [0.1, 0.15) is 11.4 Å². The number of rotatable bonds is 4. The molecule has 0 radical (unpaired) electrons. The number of aromatic hydroxyl groups is 1. The summed E-state index contributed by atoms with van der Waals surface area (Å²) in [6.45, 7) is 0.365. The maximum absolute atomic E-state index is 12.6. The van der Waals surface area contributed by atoms with Crippen LogP contribution in [0.4, 0.5) is 11.4 Å². The smallest absolute Gasteiger partial charge is 0.273 e. The molecule has 1 aromatic heterocycles. The van der Waals surface area contributed by atoms with Crippen LogP contribution in [0, 0.1) is 0 Å². The lowest BCUT2D eigenvalue weighted by Crippen LogP contribution is -2.25. The van der Waals surface area contributed by atoms with E-state index in [0.717, 1.165) is 5.56 Å². The zero-order chi connectivity index (χ0) is 20.6. The second kappa shape index (κ2) is 7.41. The molecule has 1 saturated heterocycles. The number of carbonyl (C=O) groups is 1. The van der Waals surface area contributed by atoms with Gasteiger partial charge in [-0.25, -0.2) is 8.42 Å². The number of anilines is 2. The van der Waals surface area contributed by atoms with Crippen LogP contribution < -0.4 is 9.62 Å². The number of aromatic nitrogens is 2. The van der Waals surface area contributed by atoms with Crippen molar-refractivity contribution in [3.63, 3.8) is 0 Å². The number of hydrogen-bond donors (Lipinski definition) is 3. The van der Waals surface area contributed by atoms with E-state index in [-0.39, 0.29) is 22.9 Å². The standard InChI is InChI=1S/C19H17ClN4O4S/c20-13-4-1-3-12(9-13)15-11-17(23-22-15)19(26)21-16-10-14(5-6-18(16)25)24-7-2-8-29(24,27)28/h1,3-6,9-11,25H,2,7-8H2,(H,21,26)(H,22,23). The quantitative estimate of drug-likeness (QED) is 0.547. The van der Waals surface area contributed by atoms with Crippen molar-refractivity contribution in [3.8, 4) is 17.0 Å². The molecule has 150 valence electrons. The lowest BCUT2D eigenvalue weighted by atomic mass is 10.1. The van der Waals surface area contributed by atoms with Crippen LogP contribution >= 0.6 is 11.6 Å². The van der Waals surface area contributed by atoms with E-state index in [0.29, 0.717) is 29.4 Å². The number of amides is 1. The maximum Gasteiger partial charge on any atom is 0.273 e. The van der Waals surface area contributed by atoms with Crippen molar-refractivity contribution in [2.75, 3.05) is 21.9 Å². The summed E-state index contributed by atoms with van der Waals surface area (Å²) >= 11 is 5.99. The summed E-state index contributed by atoms with van der Waals surface area (Å²) in [5.41, 5.74) is 1.96. The zero-order valence-electron chi connectivity index (χ0n) is 15.1. The largest absolute Gasteiger partial charge is 0.506 e. The van der Waals surface area contributed by atoms with E-state index in [1.165, 1.54) is 22.5 Å². The van der Waals surface area contributed by atoms with Gasteiger partial charge in [0.05, 0.1) is 22.8 Å². The van der Waals surface area contributed by atoms with Crippen LogP contribution in [0.2, 0.25) is 5.02 Å². The minimum absolute atomic E-state index is 0.0794. The molecule has 1 fully saturated rings. The molecule has 29 heavy (non-hydrogen) atoms. The van der Waals surface area contributed by atoms with Crippen molar-refractivity contribution in [2.45, 2.75) is 6.42 Å². The molecule has 4 rings (SSSR count). The van der Waals surface area contributed by atoms with Crippen LogP contribution in [0.15, 0.2) is 48.5 Å². The Hall–Kier alpha value is -3.04. The normalized spacial score (nSPS) is 15.4. The minimum atomic E-state index is -3.37. The molecular weight excluding hydrogens is 416 g/mol. The van der Waals surface area contributed by atoms with E-state index < -0.39 is 15.9 Å². The summed E-state index contributed by atoms with van der Waals surface area (Å²) in [7, 11) is -3.37. The third-order valence-electron chi connectivity index (χ3n) is 4.56. The predicted molar refractivity (Wildman–Crippen MR) is 111 cm³/mol. The molecule has 1 amide bonds. The van der Waals surface area contributed by atoms with E-state index >= 15 is 0 Å². The third kappa shape index (κ3) is 3.92. The highest BCUT2D eigenvalue weighted by atomic mass is 35.5. The first-order valence-corrected chi connectivity index (χ1v) is 10.8. The monoisotopic (exact) mass is 432 g/mol. The molecule has 2 heterocycles. The lowest BCUT2D eigenvalue weighted by molar-refractivity contribution is 0.102. The van der Waals surface area contributed by atoms with Gasteiger partial charge in [0.25, 0.3) is 5.91 Å². The number of nitrogens with zero attached hydrogens (tertiary/aromatic N) is 2. The molecule has 0 atom stereocenters. The fraction of sp³-hybridized carbons (Fsp3) is 0.158. The van der Waals surface area contributed by atoms with Crippen LogP contribution in [-0.2, 0) is 10.0 Å². The van der Waals surface area contributed by atoms with Gasteiger partial charge >= 0.3 is 0 Å². The third-order valence-corrected chi connectivity index (χ3v) is 6.66. The molecule has 3 N–H and O–H groups in total. The number of nitrogens with one attached hydrogen (secondary N) is 2. The predicted octanol–water partition coefficient (Wildman–Crippen LogP) is 3.23. The van der Waals surface area contributed by atoms with E-state index in [1.807, 2.05) is 6.07 Å². The molecular formula is C19H17ClN4O4S. The number of benzene rings is 2. The van der Waals surface area contributed by atoms with Crippen molar-refractivity contribution in [3.05, 3.63) is 59.2 Å². The van der Waals surface area contributed by atoms with Gasteiger partial charge in [-0.05, 0) is 42.8 Å². The Labute approximate surface area is 172 Å².